The first kappa shape index (κ1) is 16.9. The highest BCUT2D eigenvalue weighted by molar-refractivity contribution is 6.32. The smallest absolute Gasteiger partial charge is 0.288 e. The minimum Gasteiger partial charge on any atom is -0.388 e. The minimum absolute atomic E-state index is 0.0222. The molecule has 7 heteroatoms. The van der Waals surface area contributed by atoms with E-state index in [2.05, 4.69) is 5.32 Å². The third kappa shape index (κ3) is 4.51. The van der Waals surface area contributed by atoms with E-state index in [1.807, 2.05) is 18.2 Å². The van der Waals surface area contributed by atoms with Gasteiger partial charge in [0.2, 0.25) is 0 Å². The maximum Gasteiger partial charge on any atom is 0.288 e. The van der Waals surface area contributed by atoms with Crippen LogP contribution in [0.1, 0.15) is 28.4 Å². The molecule has 0 aliphatic rings. The van der Waals surface area contributed by atoms with Crippen LogP contribution in [-0.2, 0) is 0 Å². The summed E-state index contributed by atoms with van der Waals surface area (Å²) in [7, 11) is 0. The fourth-order valence-corrected chi connectivity index (χ4v) is 2.25. The summed E-state index contributed by atoms with van der Waals surface area (Å²) in [4.78, 5) is 22.2. The molecule has 0 heterocycles. The first-order chi connectivity index (χ1) is 11.0. The lowest BCUT2D eigenvalue weighted by Crippen LogP contribution is -2.25. The molecule has 23 heavy (non-hydrogen) atoms. The fraction of sp³-hybridized carbons (Fsp3) is 0.188. The number of nitrogens with one attached hydrogen (secondary N) is 1. The van der Waals surface area contributed by atoms with Gasteiger partial charge in [0.05, 0.1) is 11.0 Å². The van der Waals surface area contributed by atoms with E-state index in [0.717, 1.165) is 11.6 Å². The topological polar surface area (TPSA) is 92.5 Å². The second-order valence-corrected chi connectivity index (χ2v) is 5.30. The molecule has 0 aliphatic heterocycles. The van der Waals surface area contributed by atoms with Crippen molar-refractivity contribution in [2.75, 3.05) is 6.54 Å². The summed E-state index contributed by atoms with van der Waals surface area (Å²) >= 11 is 5.70. The molecule has 0 spiro atoms. The molecule has 2 N–H and O–H groups in total. The molecule has 2 aromatic carbocycles. The Balaban J connectivity index is 1.93. The normalized spacial score (nSPS) is 11.7. The van der Waals surface area contributed by atoms with Gasteiger partial charge in [-0.1, -0.05) is 41.9 Å². The first-order valence-corrected chi connectivity index (χ1v) is 7.32. The molecule has 1 atom stereocenters. The van der Waals surface area contributed by atoms with E-state index in [1.54, 1.807) is 12.1 Å². The SMILES string of the molecule is O=C(NCCC(O)c1ccccc1)c1ccc(Cl)c([N+](=O)[O-])c1. The number of carbonyl (C=O) groups excluding carboxylic acids is 1. The highest BCUT2D eigenvalue weighted by Gasteiger charge is 2.16. The van der Waals surface area contributed by atoms with Crippen molar-refractivity contribution in [2.24, 2.45) is 0 Å². The third-order valence-electron chi connectivity index (χ3n) is 3.29. The zero-order chi connectivity index (χ0) is 16.8. The number of nitro groups is 1. The van der Waals surface area contributed by atoms with Gasteiger partial charge in [-0.3, -0.25) is 14.9 Å². The van der Waals surface area contributed by atoms with Crippen LogP contribution in [0, 0.1) is 10.1 Å². The number of halogens is 1. The molecule has 0 bridgehead atoms. The van der Waals surface area contributed by atoms with Gasteiger partial charge >= 0.3 is 0 Å². The molecule has 2 rings (SSSR count). The number of hydrogen-bond acceptors (Lipinski definition) is 4. The molecule has 0 radical (unpaired) electrons. The summed E-state index contributed by atoms with van der Waals surface area (Å²) in [6.07, 6.45) is -0.345. The van der Waals surface area contributed by atoms with Crippen molar-refractivity contribution in [3.05, 3.63) is 74.8 Å². The second kappa shape index (κ2) is 7.71. The summed E-state index contributed by atoms with van der Waals surface area (Å²) < 4.78 is 0. The molecule has 0 saturated heterocycles. The van der Waals surface area contributed by atoms with Crippen LogP contribution < -0.4 is 5.32 Å². The van der Waals surface area contributed by atoms with Crippen LogP contribution in [0.5, 0.6) is 0 Å². The number of amides is 1. The largest absolute Gasteiger partial charge is 0.388 e. The Kier molecular flexibility index (Phi) is 5.67. The Morgan fingerprint density at radius 2 is 1.96 bits per heavy atom. The number of aliphatic hydroxyl groups is 1. The lowest BCUT2D eigenvalue weighted by atomic mass is 10.1. The van der Waals surface area contributed by atoms with Gasteiger partial charge in [0.25, 0.3) is 11.6 Å². The molecular weight excluding hydrogens is 320 g/mol. The highest BCUT2D eigenvalue weighted by Crippen LogP contribution is 2.25. The van der Waals surface area contributed by atoms with Crippen LogP contribution in [-0.4, -0.2) is 22.5 Å². The van der Waals surface area contributed by atoms with Crippen LogP contribution in [0.4, 0.5) is 5.69 Å². The Bertz CT molecular complexity index is 706. The van der Waals surface area contributed by atoms with E-state index < -0.39 is 16.9 Å². The predicted octanol–water partition coefficient (Wildman–Crippen LogP) is 3.10. The van der Waals surface area contributed by atoms with E-state index >= 15 is 0 Å². The van der Waals surface area contributed by atoms with Crippen molar-refractivity contribution in [2.45, 2.75) is 12.5 Å². The van der Waals surface area contributed by atoms with E-state index in [9.17, 15) is 20.0 Å². The van der Waals surface area contributed by atoms with Crippen LogP contribution in [0.25, 0.3) is 0 Å². The molecule has 120 valence electrons. The summed E-state index contributed by atoms with van der Waals surface area (Å²) in [5, 5.41) is 23.4. The quantitative estimate of drug-likeness (QED) is 0.627. The van der Waals surface area contributed by atoms with Crippen LogP contribution in [0.15, 0.2) is 48.5 Å². The van der Waals surface area contributed by atoms with Gasteiger partial charge in [-0.25, -0.2) is 0 Å². The average molecular weight is 335 g/mol. The van der Waals surface area contributed by atoms with Crippen molar-refractivity contribution < 1.29 is 14.8 Å². The molecule has 2 aromatic rings. The van der Waals surface area contributed by atoms with E-state index in [-0.39, 0.29) is 22.8 Å². The second-order valence-electron chi connectivity index (χ2n) is 4.89. The average Bonchev–Trinajstić information content (AvgIpc) is 2.55. The van der Waals surface area contributed by atoms with Gasteiger partial charge in [-0.05, 0) is 24.1 Å². The summed E-state index contributed by atoms with van der Waals surface area (Å²) in [6, 6.07) is 13.0. The van der Waals surface area contributed by atoms with Crippen molar-refractivity contribution in [3.8, 4) is 0 Å². The van der Waals surface area contributed by atoms with Gasteiger partial charge in [-0.15, -0.1) is 0 Å². The summed E-state index contributed by atoms with van der Waals surface area (Å²) in [5.41, 5.74) is 0.600. The number of hydrogen-bond donors (Lipinski definition) is 2. The molecule has 0 saturated carbocycles. The zero-order valence-corrected chi connectivity index (χ0v) is 12.9. The van der Waals surface area contributed by atoms with Gasteiger partial charge in [0, 0.05) is 18.2 Å². The zero-order valence-electron chi connectivity index (χ0n) is 12.1. The van der Waals surface area contributed by atoms with E-state index in [1.165, 1.54) is 12.1 Å². The van der Waals surface area contributed by atoms with Crippen LogP contribution in [0.2, 0.25) is 5.02 Å². The molecule has 0 aromatic heterocycles. The van der Waals surface area contributed by atoms with Crippen LogP contribution >= 0.6 is 11.6 Å². The minimum atomic E-state index is -0.684. The van der Waals surface area contributed by atoms with Crippen molar-refractivity contribution in [1.82, 2.24) is 5.32 Å². The van der Waals surface area contributed by atoms with Crippen molar-refractivity contribution >= 4 is 23.2 Å². The lowest BCUT2D eigenvalue weighted by Gasteiger charge is -2.11. The number of benzene rings is 2. The molecule has 0 fully saturated rings. The number of rotatable bonds is 6. The Morgan fingerprint density at radius 3 is 2.61 bits per heavy atom. The Morgan fingerprint density at radius 1 is 1.26 bits per heavy atom. The summed E-state index contributed by atoms with van der Waals surface area (Å²) in [6.45, 7) is 0.241. The molecule has 1 unspecified atom stereocenters. The van der Waals surface area contributed by atoms with Gasteiger partial charge in [-0.2, -0.15) is 0 Å². The van der Waals surface area contributed by atoms with Crippen molar-refractivity contribution in [3.63, 3.8) is 0 Å². The maximum absolute atomic E-state index is 12.0. The van der Waals surface area contributed by atoms with E-state index in [4.69, 9.17) is 11.6 Å². The number of nitrogens with zero attached hydrogens (tertiary/aromatic N) is 1. The van der Waals surface area contributed by atoms with Crippen LogP contribution in [0.3, 0.4) is 0 Å². The maximum atomic E-state index is 12.0. The van der Waals surface area contributed by atoms with E-state index in [0.29, 0.717) is 6.42 Å². The lowest BCUT2D eigenvalue weighted by molar-refractivity contribution is -0.384. The Hall–Kier alpha value is -2.44. The molecule has 1 amide bonds. The number of carbonyl (C=O) groups is 1. The third-order valence-corrected chi connectivity index (χ3v) is 3.61. The van der Waals surface area contributed by atoms with Gasteiger partial charge in [0.1, 0.15) is 5.02 Å². The Labute approximate surface area is 137 Å². The fourth-order valence-electron chi connectivity index (χ4n) is 2.06. The first-order valence-electron chi connectivity index (χ1n) is 6.94. The monoisotopic (exact) mass is 334 g/mol. The predicted molar refractivity (Wildman–Crippen MR) is 86.5 cm³/mol. The van der Waals surface area contributed by atoms with Gasteiger partial charge in [0.15, 0.2) is 0 Å². The summed E-state index contributed by atoms with van der Waals surface area (Å²) in [5.74, 6) is -0.454. The molecule has 6 nitrogen and oxygen atoms in total. The number of aliphatic hydroxyl groups excluding tert-OH is 1. The highest BCUT2D eigenvalue weighted by atomic mass is 35.5. The van der Waals surface area contributed by atoms with Gasteiger partial charge < -0.3 is 10.4 Å². The molecule has 0 aliphatic carbocycles. The van der Waals surface area contributed by atoms with Crippen molar-refractivity contribution in [1.29, 1.82) is 0 Å². The molecular formula is C16H15ClN2O4. The number of nitro benzene ring substituents is 1. The standard InChI is InChI=1S/C16H15ClN2O4/c17-13-7-6-12(10-14(13)19(22)23)16(21)18-9-8-15(20)11-4-2-1-3-5-11/h1-7,10,15,20H,8-9H2,(H,18,21).